The molecule has 7 heteroatoms. The summed E-state index contributed by atoms with van der Waals surface area (Å²) < 4.78 is 47.3. The molecule has 0 saturated heterocycles. The van der Waals surface area contributed by atoms with E-state index in [1.165, 1.54) is 0 Å². The van der Waals surface area contributed by atoms with Gasteiger partial charge in [0.2, 0.25) is 6.29 Å². The van der Waals surface area contributed by atoms with Crippen LogP contribution < -0.4 is 0 Å². The topological polar surface area (TPSA) is 47.9 Å². The molecular weight excluding hydrogens is 289 g/mol. The fourth-order valence-electron chi connectivity index (χ4n) is 2.53. The molecule has 4 nitrogen and oxygen atoms in total. The van der Waals surface area contributed by atoms with E-state index < -0.39 is 25.4 Å². The molecule has 21 heavy (non-hydrogen) atoms. The molecule has 118 valence electrons. The molecule has 0 fully saturated rings. The molecule has 1 aromatic rings. The summed E-state index contributed by atoms with van der Waals surface area (Å²) >= 11 is 0. The molecule has 1 N–H and O–H groups in total. The third-order valence-electron chi connectivity index (χ3n) is 3.39. The molecule has 1 aliphatic heterocycles. The van der Waals surface area contributed by atoms with Crippen LogP contribution >= 0.6 is 0 Å². The van der Waals surface area contributed by atoms with Crippen molar-refractivity contribution in [2.75, 3.05) is 6.61 Å². The van der Waals surface area contributed by atoms with Crippen LogP contribution in [0.15, 0.2) is 24.3 Å². The molecule has 3 atom stereocenters. The summed E-state index contributed by atoms with van der Waals surface area (Å²) in [4.78, 5) is 4.22. The van der Waals surface area contributed by atoms with Gasteiger partial charge in [0, 0.05) is 11.5 Å². The molecule has 1 heterocycles. The average Bonchev–Trinajstić information content (AvgIpc) is 2.42. The van der Waals surface area contributed by atoms with E-state index in [2.05, 4.69) is 4.89 Å². The number of hydrogen-bond donors (Lipinski definition) is 1. The van der Waals surface area contributed by atoms with E-state index in [-0.39, 0.29) is 11.8 Å². The molecule has 0 saturated carbocycles. The lowest BCUT2D eigenvalue weighted by atomic mass is 9.83. The lowest BCUT2D eigenvalue weighted by Crippen LogP contribution is -2.38. The second kappa shape index (κ2) is 6.31. The van der Waals surface area contributed by atoms with Gasteiger partial charge in [-0.15, -0.1) is 0 Å². The number of halogens is 3. The molecule has 0 aliphatic carbocycles. The summed E-state index contributed by atoms with van der Waals surface area (Å²) in [5.41, 5.74) is 1.34. The molecule has 0 amide bonds. The van der Waals surface area contributed by atoms with Gasteiger partial charge >= 0.3 is 6.18 Å². The Balaban J connectivity index is 2.29. The van der Waals surface area contributed by atoms with E-state index in [1.807, 2.05) is 13.8 Å². The van der Waals surface area contributed by atoms with Crippen molar-refractivity contribution in [1.29, 1.82) is 0 Å². The first kappa shape index (κ1) is 16.2. The van der Waals surface area contributed by atoms with Crippen LogP contribution in [0.3, 0.4) is 0 Å². The molecular formula is C14H17F3O4. The van der Waals surface area contributed by atoms with Gasteiger partial charge in [-0.3, -0.25) is 0 Å². The van der Waals surface area contributed by atoms with E-state index in [0.717, 1.165) is 5.56 Å². The van der Waals surface area contributed by atoms with E-state index in [4.69, 9.17) is 14.7 Å². The highest BCUT2D eigenvalue weighted by Gasteiger charge is 2.41. The molecule has 0 unspecified atom stereocenters. The first-order valence-electron chi connectivity index (χ1n) is 6.56. The van der Waals surface area contributed by atoms with Crippen molar-refractivity contribution < 1.29 is 32.8 Å². The Labute approximate surface area is 120 Å². The number of hydrogen-bond acceptors (Lipinski definition) is 4. The third-order valence-corrected chi connectivity index (χ3v) is 3.39. The summed E-state index contributed by atoms with van der Waals surface area (Å²) in [6.45, 7) is 2.32. The van der Waals surface area contributed by atoms with Gasteiger partial charge in [0.05, 0.1) is 0 Å². The molecule has 0 radical (unpaired) electrons. The lowest BCUT2D eigenvalue weighted by Gasteiger charge is -2.38. The zero-order valence-electron chi connectivity index (χ0n) is 11.6. The van der Waals surface area contributed by atoms with E-state index >= 15 is 0 Å². The first-order valence-corrected chi connectivity index (χ1v) is 6.56. The zero-order valence-corrected chi connectivity index (χ0v) is 11.6. The first-order chi connectivity index (χ1) is 9.83. The van der Waals surface area contributed by atoms with E-state index in [9.17, 15) is 13.2 Å². The van der Waals surface area contributed by atoms with E-state index in [1.54, 1.807) is 24.3 Å². The van der Waals surface area contributed by atoms with Crippen molar-refractivity contribution in [3.05, 3.63) is 35.4 Å². The number of rotatable bonds is 4. The van der Waals surface area contributed by atoms with Crippen LogP contribution in [0.2, 0.25) is 0 Å². The Kier molecular flexibility index (Phi) is 4.88. The molecule has 1 aliphatic rings. The second-order valence-electron chi connectivity index (χ2n) is 5.27. The fraction of sp³-hybridized carbons (Fsp3) is 0.571. The van der Waals surface area contributed by atoms with Crippen molar-refractivity contribution >= 4 is 0 Å². The largest absolute Gasteiger partial charge is 0.411 e. The highest BCUT2D eigenvalue weighted by atomic mass is 19.4. The minimum Gasteiger partial charge on any atom is -0.342 e. The van der Waals surface area contributed by atoms with Crippen LogP contribution in [0.1, 0.15) is 37.2 Å². The van der Waals surface area contributed by atoms with Crippen LogP contribution in [-0.2, 0) is 14.4 Å². The predicted octanol–water partition coefficient (Wildman–Crippen LogP) is 3.85. The van der Waals surface area contributed by atoms with Crippen LogP contribution in [0, 0.1) is 5.92 Å². The van der Waals surface area contributed by atoms with Crippen molar-refractivity contribution in [1.82, 2.24) is 0 Å². The smallest absolute Gasteiger partial charge is 0.342 e. The molecule has 0 aromatic heterocycles. The van der Waals surface area contributed by atoms with Gasteiger partial charge in [-0.25, -0.2) is 10.1 Å². The molecule has 1 aromatic carbocycles. The molecule has 0 bridgehead atoms. The van der Waals surface area contributed by atoms with Gasteiger partial charge in [-0.1, -0.05) is 38.1 Å². The highest BCUT2D eigenvalue weighted by molar-refractivity contribution is 5.34. The third kappa shape index (κ3) is 3.74. The summed E-state index contributed by atoms with van der Waals surface area (Å²) in [5.74, 6) is -0.390. The number of alkyl halides is 3. The van der Waals surface area contributed by atoms with Crippen LogP contribution in [0.5, 0.6) is 0 Å². The lowest BCUT2D eigenvalue weighted by molar-refractivity contribution is -0.391. The SMILES string of the molecule is CC(C)[C@@H]1c2ccccc2[C@@H](OO)O[C@H]1OCC(F)(F)F. The van der Waals surface area contributed by atoms with Crippen molar-refractivity contribution in [3.8, 4) is 0 Å². The zero-order chi connectivity index (χ0) is 15.6. The van der Waals surface area contributed by atoms with Gasteiger partial charge in [0.15, 0.2) is 6.29 Å². The summed E-state index contributed by atoms with van der Waals surface area (Å²) in [7, 11) is 0. The van der Waals surface area contributed by atoms with Crippen LogP contribution in [-0.4, -0.2) is 24.3 Å². The summed E-state index contributed by atoms with van der Waals surface area (Å²) in [6.07, 6.45) is -6.75. The van der Waals surface area contributed by atoms with Gasteiger partial charge in [0.25, 0.3) is 0 Å². The minimum atomic E-state index is -4.45. The number of fused-ring (bicyclic) bond motifs is 1. The van der Waals surface area contributed by atoms with Crippen LogP contribution in [0.25, 0.3) is 0 Å². The highest BCUT2D eigenvalue weighted by Crippen LogP contribution is 2.42. The van der Waals surface area contributed by atoms with Gasteiger partial charge in [0.1, 0.15) is 6.61 Å². The van der Waals surface area contributed by atoms with Gasteiger partial charge in [-0.2, -0.15) is 13.2 Å². The summed E-state index contributed by atoms with van der Waals surface area (Å²) in [6, 6.07) is 6.99. The maximum atomic E-state index is 12.4. The molecule has 2 rings (SSSR count). The Morgan fingerprint density at radius 3 is 2.38 bits per heavy atom. The van der Waals surface area contributed by atoms with Crippen molar-refractivity contribution in [3.63, 3.8) is 0 Å². The minimum absolute atomic E-state index is 0.0102. The van der Waals surface area contributed by atoms with Crippen molar-refractivity contribution in [2.45, 2.75) is 38.5 Å². The summed E-state index contributed by atoms with van der Waals surface area (Å²) in [5, 5.41) is 8.91. The molecule has 0 spiro atoms. The average molecular weight is 306 g/mol. The quantitative estimate of drug-likeness (QED) is 0.678. The van der Waals surface area contributed by atoms with Gasteiger partial charge in [-0.05, 0) is 11.5 Å². The standard InChI is InChI=1S/C14H17F3O4/c1-8(2)11-9-5-3-4-6-10(9)12(21-18)20-13(11)19-7-14(15,16)17/h3-6,8,11-13,18H,7H2,1-2H3/t11-,12-,13-/m1/s1. The predicted molar refractivity (Wildman–Crippen MR) is 67.4 cm³/mol. The Hall–Kier alpha value is -1.15. The normalized spacial score (nSPS) is 26.0. The van der Waals surface area contributed by atoms with Crippen LogP contribution in [0.4, 0.5) is 13.2 Å². The van der Waals surface area contributed by atoms with Gasteiger partial charge < -0.3 is 9.47 Å². The maximum Gasteiger partial charge on any atom is 0.411 e. The van der Waals surface area contributed by atoms with Crippen molar-refractivity contribution in [2.24, 2.45) is 5.92 Å². The second-order valence-corrected chi connectivity index (χ2v) is 5.27. The Bertz CT molecular complexity index is 476. The van der Waals surface area contributed by atoms with E-state index in [0.29, 0.717) is 5.56 Å². The Morgan fingerprint density at radius 1 is 1.24 bits per heavy atom. The Morgan fingerprint density at radius 2 is 1.86 bits per heavy atom. The maximum absolute atomic E-state index is 12.4. The number of ether oxygens (including phenoxy) is 2. The fourth-order valence-corrected chi connectivity index (χ4v) is 2.53. The number of benzene rings is 1. The monoisotopic (exact) mass is 306 g/mol.